The van der Waals surface area contributed by atoms with Gasteiger partial charge in [-0.3, -0.25) is 15.0 Å². The zero-order valence-electron chi connectivity index (χ0n) is 14.2. The first-order chi connectivity index (χ1) is 12.1. The number of aliphatic hydroxyl groups is 1. The summed E-state index contributed by atoms with van der Waals surface area (Å²) in [5.41, 5.74) is 1.87. The Morgan fingerprint density at radius 2 is 2.08 bits per heavy atom. The van der Waals surface area contributed by atoms with Crippen LogP contribution < -0.4 is 4.74 Å². The summed E-state index contributed by atoms with van der Waals surface area (Å²) in [6.45, 7) is 2.26. The minimum absolute atomic E-state index is 0.00841. The number of nitro benzene ring substituents is 1. The van der Waals surface area contributed by atoms with Gasteiger partial charge in [-0.05, 0) is 42.1 Å². The number of nitrogens with zero attached hydrogens (tertiary/aromatic N) is 2. The molecule has 0 spiro atoms. The van der Waals surface area contributed by atoms with E-state index in [0.29, 0.717) is 18.0 Å². The molecule has 0 amide bonds. The topological polar surface area (TPSA) is 75.8 Å². The average molecular weight is 342 g/mol. The highest BCUT2D eigenvalue weighted by Crippen LogP contribution is 2.30. The van der Waals surface area contributed by atoms with Gasteiger partial charge in [-0.2, -0.15) is 0 Å². The second kappa shape index (κ2) is 7.63. The van der Waals surface area contributed by atoms with Crippen molar-refractivity contribution in [3.05, 3.63) is 69.8 Å². The predicted molar refractivity (Wildman–Crippen MR) is 94.8 cm³/mol. The molecule has 3 rings (SSSR count). The van der Waals surface area contributed by atoms with Gasteiger partial charge in [-0.25, -0.2) is 0 Å². The molecule has 1 N–H and O–H groups in total. The van der Waals surface area contributed by atoms with Gasteiger partial charge in [0.1, 0.15) is 5.75 Å². The van der Waals surface area contributed by atoms with Crippen molar-refractivity contribution in [3.63, 3.8) is 0 Å². The summed E-state index contributed by atoms with van der Waals surface area (Å²) in [6.07, 6.45) is 0.308. The van der Waals surface area contributed by atoms with Crippen molar-refractivity contribution in [2.45, 2.75) is 18.4 Å². The van der Waals surface area contributed by atoms with Gasteiger partial charge in [0.25, 0.3) is 5.69 Å². The number of benzene rings is 2. The van der Waals surface area contributed by atoms with Gasteiger partial charge in [0.05, 0.1) is 18.1 Å². The molecule has 0 bridgehead atoms. The van der Waals surface area contributed by atoms with Crippen LogP contribution in [0.1, 0.15) is 29.6 Å². The predicted octanol–water partition coefficient (Wildman–Crippen LogP) is 3.13. The number of rotatable bonds is 6. The molecule has 6 heteroatoms. The van der Waals surface area contributed by atoms with Crippen LogP contribution in [-0.4, -0.2) is 41.7 Å². The normalized spacial score (nSPS) is 18.9. The van der Waals surface area contributed by atoms with Gasteiger partial charge in [0, 0.05) is 25.2 Å². The lowest BCUT2D eigenvalue weighted by molar-refractivity contribution is -0.385. The second-order valence-electron chi connectivity index (χ2n) is 6.39. The molecule has 2 unspecified atom stereocenters. The maximum atomic E-state index is 10.9. The molecule has 0 saturated carbocycles. The standard InChI is InChI=1S/C19H22N2O4/c1-25-18-7-5-14(6-8-18)16-9-10-20(12-16)13-19(22)15-3-2-4-17(11-15)21(23)24/h2-8,11,16,19,22H,9-10,12-13H2,1H3. The highest BCUT2D eigenvalue weighted by molar-refractivity contribution is 5.35. The van der Waals surface area contributed by atoms with E-state index in [4.69, 9.17) is 4.74 Å². The third kappa shape index (κ3) is 4.15. The van der Waals surface area contributed by atoms with E-state index in [1.165, 1.54) is 17.7 Å². The molecule has 0 radical (unpaired) electrons. The van der Waals surface area contributed by atoms with Gasteiger partial charge < -0.3 is 9.84 Å². The van der Waals surface area contributed by atoms with Crippen molar-refractivity contribution in [3.8, 4) is 5.75 Å². The van der Waals surface area contributed by atoms with E-state index in [-0.39, 0.29) is 5.69 Å². The van der Waals surface area contributed by atoms with Crippen molar-refractivity contribution < 1.29 is 14.8 Å². The summed E-state index contributed by atoms with van der Waals surface area (Å²) >= 11 is 0. The third-order valence-electron chi connectivity index (χ3n) is 4.76. The van der Waals surface area contributed by atoms with Crippen molar-refractivity contribution in [2.75, 3.05) is 26.7 Å². The number of non-ortho nitro benzene ring substituents is 1. The Balaban J connectivity index is 1.60. The molecular formula is C19H22N2O4. The number of nitro groups is 1. The fourth-order valence-electron chi connectivity index (χ4n) is 3.34. The first-order valence-electron chi connectivity index (χ1n) is 8.35. The van der Waals surface area contributed by atoms with Gasteiger partial charge in [-0.1, -0.05) is 24.3 Å². The molecule has 132 valence electrons. The monoisotopic (exact) mass is 342 g/mol. The maximum Gasteiger partial charge on any atom is 0.269 e. The van der Waals surface area contributed by atoms with Crippen LogP contribution in [-0.2, 0) is 0 Å². The smallest absolute Gasteiger partial charge is 0.269 e. The second-order valence-corrected chi connectivity index (χ2v) is 6.39. The van der Waals surface area contributed by atoms with E-state index in [1.807, 2.05) is 12.1 Å². The minimum atomic E-state index is -0.727. The zero-order valence-corrected chi connectivity index (χ0v) is 14.2. The average Bonchev–Trinajstić information content (AvgIpc) is 3.10. The van der Waals surface area contributed by atoms with E-state index in [1.54, 1.807) is 19.2 Å². The van der Waals surface area contributed by atoms with E-state index in [0.717, 1.165) is 25.3 Å². The van der Waals surface area contributed by atoms with Crippen molar-refractivity contribution in [2.24, 2.45) is 0 Å². The number of likely N-dealkylation sites (tertiary alicyclic amines) is 1. The van der Waals surface area contributed by atoms with Crippen LogP contribution >= 0.6 is 0 Å². The summed E-state index contributed by atoms with van der Waals surface area (Å²) in [5.74, 6) is 1.28. The molecule has 1 aliphatic heterocycles. The van der Waals surface area contributed by atoms with Crippen LogP contribution in [0.25, 0.3) is 0 Å². The molecule has 0 aliphatic carbocycles. The Labute approximate surface area is 146 Å². The Morgan fingerprint density at radius 3 is 2.76 bits per heavy atom. The van der Waals surface area contributed by atoms with Gasteiger partial charge in [-0.15, -0.1) is 0 Å². The zero-order chi connectivity index (χ0) is 17.8. The van der Waals surface area contributed by atoms with Crippen molar-refractivity contribution in [1.82, 2.24) is 4.90 Å². The molecular weight excluding hydrogens is 320 g/mol. The fraction of sp³-hybridized carbons (Fsp3) is 0.368. The summed E-state index contributed by atoms with van der Waals surface area (Å²) < 4.78 is 5.19. The Kier molecular flexibility index (Phi) is 5.31. The molecule has 1 saturated heterocycles. The number of hydrogen-bond donors (Lipinski definition) is 1. The molecule has 1 fully saturated rings. The first-order valence-corrected chi connectivity index (χ1v) is 8.35. The lowest BCUT2D eigenvalue weighted by atomic mass is 9.98. The molecule has 6 nitrogen and oxygen atoms in total. The van der Waals surface area contributed by atoms with E-state index in [9.17, 15) is 15.2 Å². The van der Waals surface area contributed by atoms with Crippen LogP contribution in [0.5, 0.6) is 5.75 Å². The van der Waals surface area contributed by atoms with Crippen LogP contribution in [0.15, 0.2) is 48.5 Å². The lowest BCUT2D eigenvalue weighted by Gasteiger charge is -2.20. The number of β-amino-alcohol motifs (C(OH)–C–C–N with tert-alkyl or cyclic N) is 1. The Morgan fingerprint density at radius 1 is 1.32 bits per heavy atom. The van der Waals surface area contributed by atoms with E-state index < -0.39 is 11.0 Å². The molecule has 1 aliphatic rings. The molecule has 2 atom stereocenters. The van der Waals surface area contributed by atoms with Gasteiger partial charge >= 0.3 is 0 Å². The van der Waals surface area contributed by atoms with E-state index in [2.05, 4.69) is 17.0 Å². The first kappa shape index (κ1) is 17.4. The van der Waals surface area contributed by atoms with Gasteiger partial charge in [0.15, 0.2) is 0 Å². The largest absolute Gasteiger partial charge is 0.497 e. The number of hydrogen-bond acceptors (Lipinski definition) is 5. The number of methoxy groups -OCH3 is 1. The third-order valence-corrected chi connectivity index (χ3v) is 4.76. The number of aliphatic hydroxyl groups excluding tert-OH is 1. The fourth-order valence-corrected chi connectivity index (χ4v) is 3.34. The highest BCUT2D eigenvalue weighted by atomic mass is 16.6. The summed E-state index contributed by atoms with van der Waals surface area (Å²) in [4.78, 5) is 12.6. The van der Waals surface area contributed by atoms with Crippen LogP contribution in [0, 0.1) is 10.1 Å². The van der Waals surface area contributed by atoms with Crippen LogP contribution in [0.3, 0.4) is 0 Å². The number of ether oxygens (including phenoxy) is 1. The Bertz CT molecular complexity index is 732. The summed E-state index contributed by atoms with van der Waals surface area (Å²) in [7, 11) is 1.65. The quantitative estimate of drug-likeness (QED) is 0.645. The lowest BCUT2D eigenvalue weighted by Crippen LogP contribution is -2.26. The van der Waals surface area contributed by atoms with Crippen LogP contribution in [0.4, 0.5) is 5.69 Å². The SMILES string of the molecule is COc1ccc(C2CCN(CC(O)c3cccc([N+](=O)[O-])c3)C2)cc1. The molecule has 2 aromatic carbocycles. The molecule has 25 heavy (non-hydrogen) atoms. The van der Waals surface area contributed by atoms with Crippen molar-refractivity contribution in [1.29, 1.82) is 0 Å². The molecule has 0 aromatic heterocycles. The summed E-state index contributed by atoms with van der Waals surface area (Å²) in [5, 5.41) is 21.3. The van der Waals surface area contributed by atoms with Gasteiger partial charge in [0.2, 0.25) is 0 Å². The van der Waals surface area contributed by atoms with E-state index >= 15 is 0 Å². The maximum absolute atomic E-state index is 10.9. The molecule has 2 aromatic rings. The molecule has 1 heterocycles. The summed E-state index contributed by atoms with van der Waals surface area (Å²) in [6, 6.07) is 14.3. The Hall–Kier alpha value is -2.44. The highest BCUT2D eigenvalue weighted by Gasteiger charge is 2.26. The minimum Gasteiger partial charge on any atom is -0.497 e. The van der Waals surface area contributed by atoms with Crippen molar-refractivity contribution >= 4 is 5.69 Å². The van der Waals surface area contributed by atoms with Crippen LogP contribution in [0.2, 0.25) is 0 Å².